The number of rotatable bonds is 2. The van der Waals surface area contributed by atoms with E-state index in [0.717, 1.165) is 46.5 Å². The van der Waals surface area contributed by atoms with Gasteiger partial charge in [0.15, 0.2) is 0 Å². The fourth-order valence-corrected chi connectivity index (χ4v) is 4.05. The number of hydrogen-bond acceptors (Lipinski definition) is 0. The van der Waals surface area contributed by atoms with Crippen molar-refractivity contribution in [1.82, 2.24) is 0 Å². The summed E-state index contributed by atoms with van der Waals surface area (Å²) in [6.07, 6.45) is -19.3. The van der Waals surface area contributed by atoms with Crippen molar-refractivity contribution in [2.75, 3.05) is 0 Å². The molecule has 0 fully saturated rings. The molecule has 0 saturated heterocycles. The Morgan fingerprint density at radius 1 is 0.378 bits per heavy atom. The first-order chi connectivity index (χ1) is 19.0. The van der Waals surface area contributed by atoms with Gasteiger partial charge in [-0.05, 0) is 0 Å². The molecule has 0 nitrogen and oxygen atoms in total. The Morgan fingerprint density at radius 3 is 0.711 bits per heavy atom. The van der Waals surface area contributed by atoms with Gasteiger partial charge in [0.1, 0.15) is 0 Å². The molecule has 0 atom stereocenters. The van der Waals surface area contributed by atoms with Crippen LogP contribution in [0.3, 0.4) is 0 Å². The second-order valence-corrected chi connectivity index (χ2v) is 9.81. The van der Waals surface area contributed by atoms with Gasteiger partial charge >= 0.3 is 50.9 Å². The van der Waals surface area contributed by atoms with Crippen LogP contribution in [-0.2, 0) is 50.9 Å². The van der Waals surface area contributed by atoms with E-state index in [1.165, 1.54) is 0 Å². The summed E-state index contributed by atoms with van der Waals surface area (Å²) in [5.74, 6) is 0. The van der Waals surface area contributed by atoms with Gasteiger partial charge in [-0.2, -0.15) is 52.7 Å². The van der Waals surface area contributed by atoms with Crippen LogP contribution in [0.5, 0.6) is 0 Å². The standard InChI is InChI=1S/2C15H11F6.2ClH.Zr/c2*1-8-3-10(4-9(8)2)11-5-12(14(16,17)18)7-13(6-11)15(19,20)21;;;/h2*3-7H,1-2H3;2*1H;/q2*-1;;;+4/p-2. The van der Waals surface area contributed by atoms with Crippen LogP contribution in [0.25, 0.3) is 22.3 Å². The van der Waals surface area contributed by atoms with Crippen molar-refractivity contribution in [3.8, 4) is 22.3 Å². The van der Waals surface area contributed by atoms with Crippen LogP contribution < -0.4 is 24.8 Å². The van der Waals surface area contributed by atoms with Gasteiger partial charge in [0.25, 0.3) is 0 Å². The van der Waals surface area contributed by atoms with Gasteiger partial charge in [0, 0.05) is 22.3 Å². The summed E-state index contributed by atoms with van der Waals surface area (Å²) in [6, 6.07) is 9.52. The molecule has 0 aliphatic rings. The first kappa shape index (κ1) is 42.8. The quantitative estimate of drug-likeness (QED) is 0.188. The average Bonchev–Trinajstić information content (AvgIpc) is 3.37. The van der Waals surface area contributed by atoms with Gasteiger partial charge in [-0.15, -0.1) is 81.9 Å². The van der Waals surface area contributed by atoms with Gasteiger partial charge in [-0.1, -0.05) is 51.0 Å². The molecule has 0 heterocycles. The molecule has 0 radical (unpaired) electrons. The van der Waals surface area contributed by atoms with E-state index in [1.54, 1.807) is 52.0 Å². The van der Waals surface area contributed by atoms with Crippen LogP contribution in [0.4, 0.5) is 52.7 Å². The van der Waals surface area contributed by atoms with Gasteiger partial charge in [-0.3, -0.25) is 0 Å². The molecule has 0 unspecified atom stereocenters. The topological polar surface area (TPSA) is 0 Å². The average molecular weight is 773 g/mol. The van der Waals surface area contributed by atoms with Crippen LogP contribution in [0.2, 0.25) is 0 Å². The summed E-state index contributed by atoms with van der Waals surface area (Å²) < 4.78 is 153. The van der Waals surface area contributed by atoms with Crippen molar-refractivity contribution >= 4 is 0 Å². The third-order valence-electron chi connectivity index (χ3n) is 6.57. The van der Waals surface area contributed by atoms with E-state index in [1.807, 2.05) is 0 Å². The summed E-state index contributed by atoms with van der Waals surface area (Å²) in [5.41, 5.74) is -1.43. The van der Waals surface area contributed by atoms with Crippen molar-refractivity contribution in [2.45, 2.75) is 52.4 Å². The number of hydrogen-bond donors (Lipinski definition) is 0. The Balaban J connectivity index is 0.000000807. The van der Waals surface area contributed by atoms with Crippen LogP contribution in [0.1, 0.15) is 44.5 Å². The van der Waals surface area contributed by atoms with Crippen LogP contribution in [0, 0.1) is 27.7 Å². The zero-order chi connectivity index (χ0) is 32.0. The van der Waals surface area contributed by atoms with Gasteiger partial charge in [0.05, 0.1) is 0 Å². The van der Waals surface area contributed by atoms with Crippen LogP contribution in [0.15, 0.2) is 60.7 Å². The zero-order valence-corrected chi connectivity index (χ0v) is 27.5. The molecule has 0 aromatic heterocycles. The fourth-order valence-electron chi connectivity index (χ4n) is 4.05. The maximum absolute atomic E-state index is 12.8. The summed E-state index contributed by atoms with van der Waals surface area (Å²) in [7, 11) is 0. The summed E-state index contributed by atoms with van der Waals surface area (Å²) in [6.45, 7) is 6.99. The molecule has 0 N–H and O–H groups in total. The molecule has 4 rings (SSSR count). The molecule has 4 aromatic carbocycles. The maximum Gasteiger partial charge on any atom is 4.00 e. The van der Waals surface area contributed by atoms with E-state index < -0.39 is 47.0 Å². The number of benzene rings is 2. The maximum atomic E-state index is 12.8. The minimum atomic E-state index is -4.83. The Hall–Kier alpha value is -2.24. The molecule has 0 saturated carbocycles. The smallest absolute Gasteiger partial charge is 1.00 e. The van der Waals surface area contributed by atoms with Gasteiger partial charge < -0.3 is 24.8 Å². The molecule has 0 aliphatic carbocycles. The van der Waals surface area contributed by atoms with Gasteiger partial charge in [-0.25, -0.2) is 0 Å². The Kier molecular flexibility index (Phi) is 14.4. The first-order valence-corrected chi connectivity index (χ1v) is 12.0. The number of aryl methyl sites for hydroxylation is 4. The fraction of sp³-hybridized carbons (Fsp3) is 0.267. The van der Waals surface area contributed by atoms with E-state index in [0.29, 0.717) is 11.1 Å². The van der Waals surface area contributed by atoms with Crippen molar-refractivity contribution in [3.05, 3.63) is 105 Å². The molecule has 4 aromatic rings. The Labute approximate surface area is 282 Å². The molecular weight excluding hydrogens is 750 g/mol. The van der Waals surface area contributed by atoms with Crippen LogP contribution in [-0.4, -0.2) is 0 Å². The molecule has 45 heavy (non-hydrogen) atoms. The molecule has 0 spiro atoms. The first-order valence-electron chi connectivity index (χ1n) is 12.0. The predicted molar refractivity (Wildman–Crippen MR) is 134 cm³/mol. The van der Waals surface area contributed by atoms with Gasteiger partial charge in [0.2, 0.25) is 0 Å². The van der Waals surface area contributed by atoms with Crippen molar-refractivity contribution < 1.29 is 104 Å². The van der Waals surface area contributed by atoms with Crippen LogP contribution >= 0.6 is 0 Å². The molecule has 15 heteroatoms. The third-order valence-corrected chi connectivity index (χ3v) is 6.57. The Morgan fingerprint density at radius 2 is 0.556 bits per heavy atom. The van der Waals surface area contributed by atoms with E-state index in [9.17, 15) is 52.7 Å². The van der Waals surface area contributed by atoms with E-state index >= 15 is 0 Å². The largest absolute Gasteiger partial charge is 4.00 e. The summed E-state index contributed by atoms with van der Waals surface area (Å²) >= 11 is 0. The van der Waals surface area contributed by atoms with E-state index in [-0.39, 0.29) is 74.3 Å². The minimum absolute atomic E-state index is 0. The molecular formula is C30H22Cl2F12Zr. The molecule has 0 amide bonds. The third kappa shape index (κ3) is 10.9. The SMILES string of the molecule is Cc1c[c-](-c2cc(C(F)(F)F)cc(C(F)(F)F)c2)cc1C.Cc1c[c-](-c2cc(C(F)(F)F)cc(C(F)(F)F)c2)cc1C.[Cl-].[Cl-].[Zr+4]. The zero-order valence-electron chi connectivity index (χ0n) is 23.6. The molecule has 0 aliphatic heterocycles. The monoisotopic (exact) mass is 770 g/mol. The van der Waals surface area contributed by atoms with E-state index in [2.05, 4.69) is 0 Å². The summed E-state index contributed by atoms with van der Waals surface area (Å²) in [5, 5.41) is 0. The normalized spacial score (nSPS) is 11.9. The number of alkyl halides is 12. The minimum Gasteiger partial charge on any atom is -1.00 e. The Bertz CT molecular complexity index is 1350. The predicted octanol–water partition coefficient (Wildman–Crippen LogP) is 5.46. The molecule has 0 bridgehead atoms. The molecule has 244 valence electrons. The van der Waals surface area contributed by atoms with E-state index in [4.69, 9.17) is 0 Å². The van der Waals surface area contributed by atoms with Crippen molar-refractivity contribution in [3.63, 3.8) is 0 Å². The number of halogens is 14. The van der Waals surface area contributed by atoms with Crippen molar-refractivity contribution in [2.24, 2.45) is 0 Å². The van der Waals surface area contributed by atoms with Crippen molar-refractivity contribution in [1.29, 1.82) is 0 Å². The second-order valence-electron chi connectivity index (χ2n) is 9.81. The second kappa shape index (κ2) is 15.1. The summed E-state index contributed by atoms with van der Waals surface area (Å²) in [4.78, 5) is 0.